The molecule has 0 spiro atoms. The number of rotatable bonds is 6. The van der Waals surface area contributed by atoms with Gasteiger partial charge in [0, 0.05) is 6.42 Å². The fourth-order valence-electron chi connectivity index (χ4n) is 2.01. The molecular weight excluding hydrogens is 268 g/mol. The molecule has 0 fully saturated rings. The number of unbranched alkanes of at least 4 members (excludes halogenated alkanes) is 1. The van der Waals surface area contributed by atoms with Gasteiger partial charge >= 0.3 is 0 Å². The third kappa shape index (κ3) is 4.46. The van der Waals surface area contributed by atoms with Gasteiger partial charge in [-0.3, -0.25) is 0 Å². The number of nitrogens with two attached hydrogens (primary N) is 1. The Hall–Kier alpha value is -1.13. The Balaban J connectivity index is 2.05. The van der Waals surface area contributed by atoms with E-state index in [9.17, 15) is 0 Å². The van der Waals surface area contributed by atoms with Gasteiger partial charge in [0.25, 0.3) is 0 Å². The third-order valence-electron chi connectivity index (χ3n) is 2.95. The number of benzene rings is 1. The van der Waals surface area contributed by atoms with E-state index >= 15 is 0 Å². The van der Waals surface area contributed by atoms with Crippen molar-refractivity contribution in [3.05, 3.63) is 23.2 Å². The molecule has 0 unspecified atom stereocenters. The lowest BCUT2D eigenvalue weighted by Gasteiger charge is -2.15. The largest absolute Gasteiger partial charge is 0.494 e. The van der Waals surface area contributed by atoms with Gasteiger partial charge in [0.2, 0.25) is 0 Å². The van der Waals surface area contributed by atoms with Crippen molar-refractivity contribution in [2.24, 2.45) is 11.1 Å². The molecule has 3 nitrogen and oxygen atoms in total. The number of ether oxygens (including phenoxy) is 1. The maximum absolute atomic E-state index is 5.75. The van der Waals surface area contributed by atoms with Crippen molar-refractivity contribution in [2.75, 3.05) is 13.2 Å². The van der Waals surface area contributed by atoms with E-state index in [1.165, 1.54) is 9.71 Å². The summed E-state index contributed by atoms with van der Waals surface area (Å²) in [5, 5.41) is 1.20. The average molecular weight is 292 g/mol. The van der Waals surface area contributed by atoms with Crippen molar-refractivity contribution in [1.82, 2.24) is 4.98 Å². The summed E-state index contributed by atoms with van der Waals surface area (Å²) in [5.74, 6) is 0.931. The summed E-state index contributed by atoms with van der Waals surface area (Å²) in [7, 11) is 0. The molecule has 2 aromatic rings. The number of nitrogens with zero attached hydrogens (tertiary/aromatic N) is 1. The van der Waals surface area contributed by atoms with E-state index in [0.29, 0.717) is 0 Å². The van der Waals surface area contributed by atoms with E-state index in [2.05, 4.69) is 32.9 Å². The quantitative estimate of drug-likeness (QED) is 0.819. The van der Waals surface area contributed by atoms with Crippen LogP contribution in [0.25, 0.3) is 10.2 Å². The van der Waals surface area contributed by atoms with E-state index in [1.54, 1.807) is 11.3 Å². The molecule has 2 N–H and O–H groups in total. The molecule has 0 aliphatic carbocycles. The summed E-state index contributed by atoms with van der Waals surface area (Å²) in [6.07, 6.45) is 3.03. The van der Waals surface area contributed by atoms with Gasteiger partial charge in [-0.15, -0.1) is 11.3 Å². The minimum atomic E-state index is 0.273. The molecule has 4 heteroatoms. The molecule has 0 saturated carbocycles. The van der Waals surface area contributed by atoms with E-state index in [-0.39, 0.29) is 5.41 Å². The first-order valence-corrected chi connectivity index (χ1v) is 8.02. The van der Waals surface area contributed by atoms with Crippen LogP contribution in [0.1, 0.15) is 38.6 Å². The van der Waals surface area contributed by atoms with Crippen molar-refractivity contribution < 1.29 is 4.74 Å². The van der Waals surface area contributed by atoms with Crippen LogP contribution in [0, 0.1) is 5.41 Å². The maximum Gasteiger partial charge on any atom is 0.120 e. The van der Waals surface area contributed by atoms with Gasteiger partial charge in [-0.05, 0) is 43.0 Å². The van der Waals surface area contributed by atoms with Gasteiger partial charge in [-0.1, -0.05) is 20.8 Å². The minimum Gasteiger partial charge on any atom is -0.494 e. The zero-order valence-corrected chi connectivity index (χ0v) is 13.4. The monoisotopic (exact) mass is 292 g/mol. The van der Waals surface area contributed by atoms with Crippen LogP contribution in [-0.2, 0) is 6.42 Å². The molecule has 2 rings (SSSR count). The highest BCUT2D eigenvalue weighted by Gasteiger charge is 2.14. The number of thiazole rings is 1. The fraction of sp³-hybridized carbons (Fsp3) is 0.562. The highest BCUT2D eigenvalue weighted by Crippen LogP contribution is 2.30. The van der Waals surface area contributed by atoms with E-state index in [0.717, 1.165) is 43.7 Å². The van der Waals surface area contributed by atoms with Crippen LogP contribution in [0.3, 0.4) is 0 Å². The minimum absolute atomic E-state index is 0.273. The molecule has 0 aliphatic rings. The Bertz CT molecular complexity index is 557. The Labute approximate surface area is 125 Å². The van der Waals surface area contributed by atoms with E-state index in [4.69, 9.17) is 15.5 Å². The summed E-state index contributed by atoms with van der Waals surface area (Å²) < 4.78 is 6.96. The van der Waals surface area contributed by atoms with Crippen LogP contribution in [0.15, 0.2) is 18.2 Å². The Morgan fingerprint density at radius 3 is 2.75 bits per heavy atom. The number of hydrogen-bond acceptors (Lipinski definition) is 4. The molecule has 0 aliphatic heterocycles. The maximum atomic E-state index is 5.75. The lowest BCUT2D eigenvalue weighted by Crippen LogP contribution is -2.08. The molecule has 1 heterocycles. The average Bonchev–Trinajstić information content (AvgIpc) is 2.73. The second-order valence-corrected chi connectivity index (χ2v) is 7.43. The van der Waals surface area contributed by atoms with Crippen molar-refractivity contribution in [3.63, 3.8) is 0 Å². The normalized spacial score (nSPS) is 12.0. The standard InChI is InChI=1S/C16H24N2OS/c1-16(2,3)11-15-18-13-7-6-12(10-14(13)20-15)19-9-5-4-8-17/h6-7,10H,4-5,8-9,11,17H2,1-3H3. The second kappa shape index (κ2) is 6.55. The van der Waals surface area contributed by atoms with Crippen molar-refractivity contribution in [3.8, 4) is 5.75 Å². The van der Waals surface area contributed by atoms with Crippen LogP contribution in [-0.4, -0.2) is 18.1 Å². The lowest BCUT2D eigenvalue weighted by molar-refractivity contribution is 0.308. The summed E-state index contributed by atoms with van der Waals surface area (Å²) >= 11 is 1.77. The molecule has 110 valence electrons. The van der Waals surface area contributed by atoms with E-state index < -0.39 is 0 Å². The topological polar surface area (TPSA) is 48.1 Å². The van der Waals surface area contributed by atoms with Gasteiger partial charge in [0.1, 0.15) is 5.75 Å². The smallest absolute Gasteiger partial charge is 0.120 e. The summed E-state index contributed by atoms with van der Waals surface area (Å²) in [4.78, 5) is 4.70. The first-order chi connectivity index (χ1) is 9.48. The zero-order valence-electron chi connectivity index (χ0n) is 12.6. The second-order valence-electron chi connectivity index (χ2n) is 6.32. The molecule has 0 saturated heterocycles. The Kier molecular flexibility index (Phi) is 5.00. The van der Waals surface area contributed by atoms with Crippen LogP contribution < -0.4 is 10.5 Å². The first kappa shape index (κ1) is 15.3. The van der Waals surface area contributed by atoms with Gasteiger partial charge in [0.05, 0.1) is 21.8 Å². The summed E-state index contributed by atoms with van der Waals surface area (Å²) in [5.41, 5.74) is 6.82. The van der Waals surface area contributed by atoms with Crippen LogP contribution in [0.2, 0.25) is 0 Å². The zero-order chi connectivity index (χ0) is 14.6. The predicted molar refractivity (Wildman–Crippen MR) is 86.6 cm³/mol. The fourth-order valence-corrected chi connectivity index (χ4v) is 3.30. The van der Waals surface area contributed by atoms with Crippen molar-refractivity contribution >= 4 is 21.6 Å². The van der Waals surface area contributed by atoms with Crippen LogP contribution in [0.5, 0.6) is 5.75 Å². The van der Waals surface area contributed by atoms with Gasteiger partial charge in [-0.2, -0.15) is 0 Å². The van der Waals surface area contributed by atoms with Gasteiger partial charge < -0.3 is 10.5 Å². The van der Waals surface area contributed by atoms with Crippen LogP contribution in [0.4, 0.5) is 0 Å². The predicted octanol–water partition coefficient (Wildman–Crippen LogP) is 4.00. The summed E-state index contributed by atoms with van der Waals surface area (Å²) in [6, 6.07) is 6.16. The first-order valence-electron chi connectivity index (χ1n) is 7.20. The van der Waals surface area contributed by atoms with Crippen molar-refractivity contribution in [1.29, 1.82) is 0 Å². The molecular formula is C16H24N2OS. The Morgan fingerprint density at radius 1 is 1.25 bits per heavy atom. The molecule has 0 amide bonds. The molecule has 1 aromatic heterocycles. The van der Waals surface area contributed by atoms with Crippen LogP contribution >= 0.6 is 11.3 Å². The van der Waals surface area contributed by atoms with Gasteiger partial charge in [0.15, 0.2) is 0 Å². The number of hydrogen-bond donors (Lipinski definition) is 1. The Morgan fingerprint density at radius 2 is 2.05 bits per heavy atom. The molecule has 0 atom stereocenters. The molecule has 0 radical (unpaired) electrons. The molecule has 20 heavy (non-hydrogen) atoms. The number of fused-ring (bicyclic) bond motifs is 1. The van der Waals surface area contributed by atoms with E-state index in [1.807, 2.05) is 6.07 Å². The summed E-state index contributed by atoms with van der Waals surface area (Å²) in [6.45, 7) is 8.19. The third-order valence-corrected chi connectivity index (χ3v) is 3.97. The highest BCUT2D eigenvalue weighted by atomic mass is 32.1. The number of aromatic nitrogens is 1. The van der Waals surface area contributed by atoms with Crippen molar-refractivity contribution in [2.45, 2.75) is 40.0 Å². The highest BCUT2D eigenvalue weighted by molar-refractivity contribution is 7.18. The molecule has 1 aromatic carbocycles. The SMILES string of the molecule is CC(C)(C)Cc1nc2ccc(OCCCCN)cc2s1. The lowest BCUT2D eigenvalue weighted by atomic mass is 9.93. The van der Waals surface area contributed by atoms with Gasteiger partial charge in [-0.25, -0.2) is 4.98 Å². The molecule has 0 bridgehead atoms.